The molecule has 8 nitrogen and oxygen atoms in total. The van der Waals surface area contributed by atoms with Crippen LogP contribution in [0, 0.1) is 0 Å². The molecule has 1 aliphatic heterocycles. The van der Waals surface area contributed by atoms with E-state index >= 15 is 0 Å². The number of benzene rings is 1. The first kappa shape index (κ1) is 19.8. The van der Waals surface area contributed by atoms with Gasteiger partial charge in [0.1, 0.15) is 17.2 Å². The zero-order valence-corrected chi connectivity index (χ0v) is 17.8. The molecule has 0 amide bonds. The Hall–Kier alpha value is -2.46. The van der Waals surface area contributed by atoms with Crippen LogP contribution in [-0.4, -0.2) is 58.9 Å². The molecule has 0 bridgehead atoms. The first-order chi connectivity index (χ1) is 14.3. The molecule has 1 aromatic carbocycles. The van der Waals surface area contributed by atoms with Crippen molar-refractivity contribution in [3.05, 3.63) is 36.5 Å². The Balaban J connectivity index is 1.45. The molecule has 0 saturated carbocycles. The van der Waals surface area contributed by atoms with E-state index in [1.807, 2.05) is 36.0 Å². The molecule has 0 N–H and O–H groups in total. The minimum Gasteiger partial charge on any atom is -0.493 e. The summed E-state index contributed by atoms with van der Waals surface area (Å²) < 4.78 is 16.2. The van der Waals surface area contributed by atoms with Gasteiger partial charge in [-0.2, -0.15) is 16.7 Å². The third-order valence-electron chi connectivity index (χ3n) is 4.42. The van der Waals surface area contributed by atoms with Crippen molar-refractivity contribution < 1.29 is 14.0 Å². The molecule has 152 valence electrons. The minimum atomic E-state index is 0.463. The summed E-state index contributed by atoms with van der Waals surface area (Å²) in [4.78, 5) is 15.6. The summed E-state index contributed by atoms with van der Waals surface area (Å²) >= 11 is 3.52. The van der Waals surface area contributed by atoms with Crippen LogP contribution >= 0.6 is 23.5 Å². The fourth-order valence-electron chi connectivity index (χ4n) is 3.00. The van der Waals surface area contributed by atoms with Gasteiger partial charge in [0.05, 0.1) is 25.5 Å². The molecule has 0 unspecified atom stereocenters. The molecule has 0 spiro atoms. The molecule has 4 rings (SSSR count). The third-order valence-corrected chi connectivity index (χ3v) is 6.27. The average Bonchev–Trinajstić information content (AvgIpc) is 3.27. The highest BCUT2D eigenvalue weighted by atomic mass is 32.2. The van der Waals surface area contributed by atoms with E-state index in [9.17, 15) is 0 Å². The number of ether oxygens (including phenoxy) is 2. The molecule has 1 aliphatic rings. The summed E-state index contributed by atoms with van der Waals surface area (Å²) in [6, 6.07) is 7.58. The molecule has 10 heteroatoms. The fraction of sp³-hybridized carbons (Fsp3) is 0.368. The van der Waals surface area contributed by atoms with Gasteiger partial charge in [-0.1, -0.05) is 23.0 Å². The second-order valence-electron chi connectivity index (χ2n) is 6.16. The number of hydrogen-bond acceptors (Lipinski definition) is 10. The average molecular weight is 432 g/mol. The van der Waals surface area contributed by atoms with Crippen LogP contribution in [0.5, 0.6) is 11.5 Å². The normalized spacial score (nSPS) is 14.1. The lowest BCUT2D eigenvalue weighted by molar-refractivity contribution is 0.355. The molecule has 0 radical (unpaired) electrons. The van der Waals surface area contributed by atoms with Gasteiger partial charge in [0.25, 0.3) is 0 Å². The Morgan fingerprint density at radius 3 is 2.83 bits per heavy atom. The van der Waals surface area contributed by atoms with Crippen molar-refractivity contribution >= 4 is 29.3 Å². The number of anilines is 1. The van der Waals surface area contributed by atoms with Gasteiger partial charge in [0.15, 0.2) is 11.5 Å². The van der Waals surface area contributed by atoms with Crippen molar-refractivity contribution in [1.82, 2.24) is 20.1 Å². The number of aromatic nitrogens is 4. The van der Waals surface area contributed by atoms with Gasteiger partial charge in [0, 0.05) is 30.7 Å². The predicted molar refractivity (Wildman–Crippen MR) is 114 cm³/mol. The van der Waals surface area contributed by atoms with Crippen LogP contribution in [-0.2, 0) is 5.75 Å². The summed E-state index contributed by atoms with van der Waals surface area (Å²) in [7, 11) is 3.19. The smallest absolute Gasteiger partial charge is 0.237 e. The molecule has 3 heterocycles. The van der Waals surface area contributed by atoms with E-state index < -0.39 is 0 Å². The number of thioether (sulfide) groups is 2. The molecule has 1 saturated heterocycles. The standard InChI is InChI=1S/C19H21N5O3S2/c1-25-14-5-3-4-13(18(14)26-2)19-22-16(27-23-19)11-29-17-10-15(20-12-21-17)24-6-8-28-9-7-24/h3-5,10,12H,6-9,11H2,1-2H3. The molecule has 0 aliphatic carbocycles. The van der Waals surface area contributed by atoms with E-state index in [1.54, 1.807) is 32.3 Å². The first-order valence-electron chi connectivity index (χ1n) is 9.10. The van der Waals surface area contributed by atoms with E-state index in [4.69, 9.17) is 14.0 Å². The lowest BCUT2D eigenvalue weighted by atomic mass is 10.2. The fourth-order valence-corrected chi connectivity index (χ4v) is 4.60. The van der Waals surface area contributed by atoms with E-state index in [1.165, 1.54) is 0 Å². The summed E-state index contributed by atoms with van der Waals surface area (Å²) in [6.07, 6.45) is 1.61. The quantitative estimate of drug-likeness (QED) is 0.410. The molecular weight excluding hydrogens is 410 g/mol. The Labute approximate surface area is 177 Å². The van der Waals surface area contributed by atoms with Crippen molar-refractivity contribution in [3.8, 4) is 22.9 Å². The van der Waals surface area contributed by atoms with Crippen molar-refractivity contribution in [2.75, 3.05) is 43.7 Å². The Morgan fingerprint density at radius 1 is 1.17 bits per heavy atom. The molecular formula is C19H21N5O3S2. The second-order valence-corrected chi connectivity index (χ2v) is 8.38. The summed E-state index contributed by atoms with van der Waals surface area (Å²) in [5.41, 5.74) is 0.721. The molecule has 3 aromatic rings. The Morgan fingerprint density at radius 2 is 2.03 bits per heavy atom. The maximum absolute atomic E-state index is 5.46. The van der Waals surface area contributed by atoms with Gasteiger partial charge in [-0.05, 0) is 12.1 Å². The summed E-state index contributed by atoms with van der Waals surface area (Å²) in [5.74, 6) is 5.93. The van der Waals surface area contributed by atoms with Crippen LogP contribution in [0.25, 0.3) is 11.4 Å². The largest absolute Gasteiger partial charge is 0.493 e. The maximum Gasteiger partial charge on any atom is 0.237 e. The van der Waals surface area contributed by atoms with Crippen molar-refractivity contribution in [1.29, 1.82) is 0 Å². The van der Waals surface area contributed by atoms with Gasteiger partial charge in [-0.3, -0.25) is 0 Å². The van der Waals surface area contributed by atoms with Crippen molar-refractivity contribution in [2.24, 2.45) is 0 Å². The highest BCUT2D eigenvalue weighted by molar-refractivity contribution is 7.99. The number of methoxy groups -OCH3 is 2. The van der Waals surface area contributed by atoms with Gasteiger partial charge in [0.2, 0.25) is 11.7 Å². The number of hydrogen-bond donors (Lipinski definition) is 0. The molecule has 0 atom stereocenters. The van der Waals surface area contributed by atoms with Crippen molar-refractivity contribution in [2.45, 2.75) is 10.8 Å². The van der Waals surface area contributed by atoms with E-state index in [0.717, 1.165) is 41.0 Å². The SMILES string of the molecule is COc1cccc(-c2noc(CSc3cc(N4CCSCC4)ncn3)n2)c1OC. The number of nitrogens with zero attached hydrogens (tertiary/aromatic N) is 5. The zero-order chi connectivity index (χ0) is 20.1. The monoisotopic (exact) mass is 431 g/mol. The lowest BCUT2D eigenvalue weighted by Crippen LogP contribution is -2.33. The highest BCUT2D eigenvalue weighted by Crippen LogP contribution is 2.36. The molecule has 29 heavy (non-hydrogen) atoms. The molecule has 1 fully saturated rings. The van der Waals surface area contributed by atoms with Gasteiger partial charge in [-0.15, -0.1) is 0 Å². The van der Waals surface area contributed by atoms with E-state index in [0.29, 0.717) is 29.0 Å². The number of para-hydroxylation sites is 1. The van der Waals surface area contributed by atoms with Gasteiger partial charge in [-0.25, -0.2) is 9.97 Å². The van der Waals surface area contributed by atoms with E-state index in [-0.39, 0.29) is 0 Å². The molecule has 2 aromatic heterocycles. The van der Waals surface area contributed by atoms with Gasteiger partial charge >= 0.3 is 0 Å². The summed E-state index contributed by atoms with van der Waals surface area (Å²) in [5, 5.41) is 4.98. The zero-order valence-electron chi connectivity index (χ0n) is 16.2. The maximum atomic E-state index is 5.46. The van der Waals surface area contributed by atoms with E-state index in [2.05, 4.69) is 25.0 Å². The summed E-state index contributed by atoms with van der Waals surface area (Å²) in [6.45, 7) is 2.03. The van der Waals surface area contributed by atoms with Gasteiger partial charge < -0.3 is 18.9 Å². The third kappa shape index (κ3) is 4.59. The van der Waals surface area contributed by atoms with Crippen LogP contribution in [0.2, 0.25) is 0 Å². The lowest BCUT2D eigenvalue weighted by Gasteiger charge is -2.27. The van der Waals surface area contributed by atoms with Crippen LogP contribution < -0.4 is 14.4 Å². The first-order valence-corrected chi connectivity index (χ1v) is 11.2. The highest BCUT2D eigenvalue weighted by Gasteiger charge is 2.17. The van der Waals surface area contributed by atoms with Crippen LogP contribution in [0.3, 0.4) is 0 Å². The predicted octanol–water partition coefficient (Wildman–Crippen LogP) is 3.39. The van der Waals surface area contributed by atoms with Crippen LogP contribution in [0.1, 0.15) is 5.89 Å². The Kier molecular flexibility index (Phi) is 6.40. The topological polar surface area (TPSA) is 86.4 Å². The Bertz CT molecular complexity index is 963. The second kappa shape index (κ2) is 9.36. The minimum absolute atomic E-state index is 0.463. The van der Waals surface area contributed by atoms with Crippen molar-refractivity contribution in [3.63, 3.8) is 0 Å². The van der Waals surface area contributed by atoms with Crippen LogP contribution in [0.4, 0.5) is 5.82 Å². The van der Waals surface area contributed by atoms with Crippen LogP contribution in [0.15, 0.2) is 40.1 Å². The number of rotatable bonds is 7.